The van der Waals surface area contributed by atoms with Crippen LogP contribution in [0.5, 0.6) is 0 Å². The number of hydrogen-bond acceptors (Lipinski definition) is 5. The normalized spacial score (nSPS) is 26.4. The van der Waals surface area contributed by atoms with Gasteiger partial charge in [0.15, 0.2) is 9.84 Å². The maximum atomic E-state index is 12.5. The molecule has 0 unspecified atom stereocenters. The number of aromatic nitrogens is 2. The lowest BCUT2D eigenvalue weighted by Crippen LogP contribution is -2.67. The number of nitrogens with zero attached hydrogens (tertiary/aromatic N) is 3. The second-order valence-electron chi connectivity index (χ2n) is 6.57. The summed E-state index contributed by atoms with van der Waals surface area (Å²) in [5.74, 6) is 0.450. The van der Waals surface area contributed by atoms with Gasteiger partial charge in [-0.1, -0.05) is 0 Å². The summed E-state index contributed by atoms with van der Waals surface area (Å²) in [7, 11) is -1.07. The van der Waals surface area contributed by atoms with E-state index in [0.29, 0.717) is 32.1 Å². The van der Waals surface area contributed by atoms with E-state index in [-0.39, 0.29) is 5.92 Å². The predicted octanol–water partition coefficient (Wildman–Crippen LogP) is 0.754. The van der Waals surface area contributed by atoms with Crippen LogP contribution in [0.3, 0.4) is 0 Å². The van der Waals surface area contributed by atoms with Crippen molar-refractivity contribution in [2.75, 3.05) is 32.1 Å². The molecule has 2 aliphatic rings. The Hall–Kier alpha value is -0.920. The number of ether oxygens (including phenoxy) is 1. The van der Waals surface area contributed by atoms with Crippen LogP contribution in [-0.2, 0) is 28.2 Å². The second kappa shape index (κ2) is 5.62. The molecule has 0 radical (unpaired) electrons. The van der Waals surface area contributed by atoms with Crippen molar-refractivity contribution in [3.8, 4) is 0 Å². The number of hydrogen-bond donors (Lipinski definition) is 0. The highest BCUT2D eigenvalue weighted by atomic mass is 32.2. The molecule has 0 bridgehead atoms. The Labute approximate surface area is 132 Å². The van der Waals surface area contributed by atoms with Gasteiger partial charge in [0.25, 0.3) is 0 Å². The van der Waals surface area contributed by atoms with E-state index in [2.05, 4.69) is 16.1 Å². The van der Waals surface area contributed by atoms with Crippen molar-refractivity contribution in [3.63, 3.8) is 0 Å². The first-order chi connectivity index (χ1) is 10.4. The van der Waals surface area contributed by atoms with Gasteiger partial charge in [-0.05, 0) is 26.3 Å². The van der Waals surface area contributed by atoms with Crippen molar-refractivity contribution in [1.29, 1.82) is 0 Å². The summed E-state index contributed by atoms with van der Waals surface area (Å²) in [5, 5.41) is 4.35. The van der Waals surface area contributed by atoms with E-state index in [1.807, 2.05) is 25.6 Å². The quantitative estimate of drug-likeness (QED) is 0.799. The molecule has 0 N–H and O–H groups in total. The molecule has 1 spiro atoms. The third-order valence-electron chi connectivity index (χ3n) is 5.09. The monoisotopic (exact) mass is 327 g/mol. The van der Waals surface area contributed by atoms with Gasteiger partial charge < -0.3 is 4.74 Å². The van der Waals surface area contributed by atoms with Crippen LogP contribution in [0.15, 0.2) is 6.07 Å². The molecule has 6 nitrogen and oxygen atoms in total. The summed E-state index contributed by atoms with van der Waals surface area (Å²) >= 11 is 0. The first-order valence-corrected chi connectivity index (χ1v) is 9.55. The maximum absolute atomic E-state index is 12.5. The zero-order valence-corrected chi connectivity index (χ0v) is 14.4. The number of sulfone groups is 1. The molecule has 0 aliphatic carbocycles. The molecule has 124 valence electrons. The van der Waals surface area contributed by atoms with Crippen molar-refractivity contribution in [2.45, 2.75) is 31.6 Å². The highest BCUT2D eigenvalue weighted by Crippen LogP contribution is 2.45. The third kappa shape index (κ3) is 2.49. The van der Waals surface area contributed by atoms with E-state index in [9.17, 15) is 8.42 Å². The molecular weight excluding hydrogens is 302 g/mol. The molecule has 0 aromatic carbocycles. The lowest BCUT2D eigenvalue weighted by Gasteiger charge is -2.50. The van der Waals surface area contributed by atoms with E-state index < -0.39 is 14.6 Å². The zero-order chi connectivity index (χ0) is 16.0. The molecule has 3 rings (SSSR count). The molecule has 2 saturated heterocycles. The van der Waals surface area contributed by atoms with Crippen LogP contribution in [0.25, 0.3) is 0 Å². The predicted molar refractivity (Wildman–Crippen MR) is 84.3 cm³/mol. The fraction of sp³-hybridized carbons (Fsp3) is 0.800. The molecular formula is C15H25N3O3S. The first kappa shape index (κ1) is 16.0. The summed E-state index contributed by atoms with van der Waals surface area (Å²) in [6.45, 7) is 7.14. The average molecular weight is 327 g/mol. The Bertz CT molecular complexity index is 647. The van der Waals surface area contributed by atoms with Gasteiger partial charge in [-0.3, -0.25) is 9.58 Å². The van der Waals surface area contributed by atoms with Crippen molar-refractivity contribution < 1.29 is 13.2 Å². The zero-order valence-electron chi connectivity index (χ0n) is 13.6. The van der Waals surface area contributed by atoms with E-state index in [1.54, 1.807) is 0 Å². The summed E-state index contributed by atoms with van der Waals surface area (Å²) in [6, 6.07) is 2.06. The van der Waals surface area contributed by atoms with E-state index >= 15 is 0 Å². The lowest BCUT2D eigenvalue weighted by atomic mass is 9.83. The van der Waals surface area contributed by atoms with Crippen molar-refractivity contribution in [2.24, 2.45) is 13.0 Å². The Kier molecular flexibility index (Phi) is 4.07. The van der Waals surface area contributed by atoms with Crippen LogP contribution >= 0.6 is 0 Å². The minimum Gasteiger partial charge on any atom is -0.381 e. The van der Waals surface area contributed by atoms with Crippen molar-refractivity contribution in [3.05, 3.63) is 17.5 Å². The Morgan fingerprint density at radius 2 is 2.18 bits per heavy atom. The SMILES string of the molecule is CCOC[C@@H]1CCS(=O)(=O)C12CN(Cc1cc(C)nn1C)C2. The molecule has 1 aromatic heterocycles. The largest absolute Gasteiger partial charge is 0.381 e. The van der Waals surface area contributed by atoms with Gasteiger partial charge in [-0.15, -0.1) is 0 Å². The molecule has 0 saturated carbocycles. The Morgan fingerprint density at radius 1 is 1.45 bits per heavy atom. The number of aryl methyl sites for hydroxylation is 2. The van der Waals surface area contributed by atoms with Gasteiger partial charge in [0.1, 0.15) is 4.75 Å². The van der Waals surface area contributed by atoms with Crippen molar-refractivity contribution >= 4 is 9.84 Å². The topological polar surface area (TPSA) is 64.4 Å². The summed E-state index contributed by atoms with van der Waals surface area (Å²) in [6.07, 6.45) is 0.737. The lowest BCUT2D eigenvalue weighted by molar-refractivity contribution is 0.0281. The second-order valence-corrected chi connectivity index (χ2v) is 9.03. The molecule has 2 aliphatic heterocycles. The highest BCUT2D eigenvalue weighted by Gasteiger charge is 2.61. The van der Waals surface area contributed by atoms with Crippen LogP contribution in [-0.4, -0.2) is 59.9 Å². The summed E-state index contributed by atoms with van der Waals surface area (Å²) < 4.78 is 31.8. The first-order valence-electron chi connectivity index (χ1n) is 7.90. The molecule has 0 amide bonds. The van der Waals surface area contributed by atoms with Gasteiger partial charge >= 0.3 is 0 Å². The third-order valence-corrected chi connectivity index (χ3v) is 7.69. The smallest absolute Gasteiger partial charge is 0.158 e. The van der Waals surface area contributed by atoms with Crippen LogP contribution in [0, 0.1) is 12.8 Å². The van der Waals surface area contributed by atoms with Crippen LogP contribution in [0.2, 0.25) is 0 Å². The average Bonchev–Trinajstić information content (AvgIpc) is 2.85. The van der Waals surface area contributed by atoms with E-state index in [4.69, 9.17) is 4.74 Å². The molecule has 3 heterocycles. The van der Waals surface area contributed by atoms with Gasteiger partial charge in [0.2, 0.25) is 0 Å². The van der Waals surface area contributed by atoms with E-state index in [1.165, 1.54) is 0 Å². The Balaban J connectivity index is 1.69. The molecule has 7 heteroatoms. The van der Waals surface area contributed by atoms with Crippen molar-refractivity contribution in [1.82, 2.24) is 14.7 Å². The Morgan fingerprint density at radius 3 is 2.77 bits per heavy atom. The number of rotatable bonds is 5. The van der Waals surface area contributed by atoms with Crippen LogP contribution in [0.4, 0.5) is 0 Å². The highest BCUT2D eigenvalue weighted by molar-refractivity contribution is 7.93. The fourth-order valence-corrected chi connectivity index (χ4v) is 6.29. The van der Waals surface area contributed by atoms with Gasteiger partial charge in [-0.25, -0.2) is 8.42 Å². The van der Waals surface area contributed by atoms with Gasteiger partial charge in [-0.2, -0.15) is 5.10 Å². The molecule has 22 heavy (non-hydrogen) atoms. The van der Waals surface area contributed by atoms with Gasteiger partial charge in [0, 0.05) is 39.2 Å². The molecule has 2 fully saturated rings. The summed E-state index contributed by atoms with van der Waals surface area (Å²) in [4.78, 5) is 2.21. The van der Waals surface area contributed by atoms with Crippen LogP contribution < -0.4 is 0 Å². The minimum absolute atomic E-state index is 0.141. The fourth-order valence-electron chi connectivity index (χ4n) is 3.83. The standard InChI is InChI=1S/C15H25N3O3S/c1-4-21-9-13-5-6-22(19,20)15(13)10-18(11-15)8-14-7-12(2)16-17(14)3/h7,13H,4-6,8-11H2,1-3H3/t13-/m0/s1. The maximum Gasteiger partial charge on any atom is 0.158 e. The molecule has 1 atom stereocenters. The minimum atomic E-state index is -3.00. The molecule has 1 aromatic rings. The van der Waals surface area contributed by atoms with Gasteiger partial charge in [0.05, 0.1) is 23.7 Å². The van der Waals surface area contributed by atoms with E-state index in [0.717, 1.165) is 24.4 Å². The van der Waals surface area contributed by atoms with Crippen LogP contribution in [0.1, 0.15) is 24.7 Å². The summed E-state index contributed by atoms with van der Waals surface area (Å²) in [5.41, 5.74) is 2.12. The number of likely N-dealkylation sites (tertiary alicyclic amines) is 1.